The van der Waals surface area contributed by atoms with Gasteiger partial charge >= 0.3 is 5.97 Å². The third kappa shape index (κ3) is 1.55. The summed E-state index contributed by atoms with van der Waals surface area (Å²) in [4.78, 5) is 11.2. The maximum atomic E-state index is 11.2. The zero-order valence-electron chi connectivity index (χ0n) is 7.27. The van der Waals surface area contributed by atoms with Gasteiger partial charge in [0.1, 0.15) is 0 Å². The number of ether oxygens (including phenoxy) is 2. The Hall–Kier alpha value is -1.35. The number of carbonyl (C=O) groups excluding carboxylic acids is 1. The van der Waals surface area contributed by atoms with Crippen molar-refractivity contribution < 1.29 is 14.3 Å². The van der Waals surface area contributed by atoms with Crippen LogP contribution in [0.3, 0.4) is 0 Å². The summed E-state index contributed by atoms with van der Waals surface area (Å²) in [5, 5.41) is 0. The summed E-state index contributed by atoms with van der Waals surface area (Å²) in [6, 6.07) is 9.34. The lowest BCUT2D eigenvalue weighted by molar-refractivity contribution is -0.142. The van der Waals surface area contributed by atoms with E-state index >= 15 is 0 Å². The lowest BCUT2D eigenvalue weighted by atomic mass is 10.1. The number of hydrogen-bond acceptors (Lipinski definition) is 3. The van der Waals surface area contributed by atoms with E-state index in [0.717, 1.165) is 5.56 Å². The molecule has 1 aliphatic heterocycles. The molecule has 3 nitrogen and oxygen atoms in total. The van der Waals surface area contributed by atoms with Crippen molar-refractivity contribution in [1.82, 2.24) is 0 Å². The summed E-state index contributed by atoms with van der Waals surface area (Å²) in [6.07, 6.45) is -0.978. The number of cyclic esters (lactones) is 1. The Balaban J connectivity index is 2.23. The van der Waals surface area contributed by atoms with Crippen LogP contribution in [-0.4, -0.2) is 12.3 Å². The molecule has 0 aliphatic carbocycles. The monoisotopic (exact) mass is 178 g/mol. The van der Waals surface area contributed by atoms with Crippen molar-refractivity contribution in [3.8, 4) is 0 Å². The summed E-state index contributed by atoms with van der Waals surface area (Å²) in [5.41, 5.74) is 0.844. The predicted octanol–water partition coefficient (Wildman–Crippen LogP) is 1.65. The summed E-state index contributed by atoms with van der Waals surface area (Å²) in [5.74, 6) is -0.307. The molecule has 1 aromatic carbocycles. The van der Waals surface area contributed by atoms with E-state index in [1.165, 1.54) is 0 Å². The zero-order valence-corrected chi connectivity index (χ0v) is 7.27. The molecule has 0 amide bonds. The van der Waals surface area contributed by atoms with Crippen molar-refractivity contribution in [2.75, 3.05) is 0 Å². The molecule has 0 N–H and O–H groups in total. The van der Waals surface area contributed by atoms with Gasteiger partial charge in [0.2, 0.25) is 6.29 Å². The van der Waals surface area contributed by atoms with Crippen LogP contribution in [0, 0.1) is 0 Å². The van der Waals surface area contributed by atoms with E-state index < -0.39 is 12.4 Å². The number of rotatable bonds is 1. The SMILES string of the molecule is CC1OC(=O)C(c2ccccc2)O1. The first-order valence-electron chi connectivity index (χ1n) is 4.18. The average Bonchev–Trinajstić information content (AvgIpc) is 2.47. The molecule has 0 spiro atoms. The zero-order chi connectivity index (χ0) is 9.26. The molecule has 13 heavy (non-hydrogen) atoms. The Bertz CT molecular complexity index is 307. The van der Waals surface area contributed by atoms with E-state index in [-0.39, 0.29) is 5.97 Å². The lowest BCUT2D eigenvalue weighted by Gasteiger charge is -2.04. The standard InChI is InChI=1S/C10H10O3/c1-7-12-9(10(11)13-7)8-5-3-2-4-6-8/h2-7,9H,1H3. The van der Waals surface area contributed by atoms with Gasteiger partial charge in [-0.3, -0.25) is 0 Å². The highest BCUT2D eigenvalue weighted by Crippen LogP contribution is 2.26. The first-order chi connectivity index (χ1) is 6.27. The second kappa shape index (κ2) is 3.18. The minimum absolute atomic E-state index is 0.307. The molecule has 1 fully saturated rings. The largest absolute Gasteiger partial charge is 0.434 e. The van der Waals surface area contributed by atoms with Gasteiger partial charge in [0.15, 0.2) is 6.10 Å². The maximum Gasteiger partial charge on any atom is 0.342 e. The van der Waals surface area contributed by atoms with Crippen LogP contribution < -0.4 is 0 Å². The van der Waals surface area contributed by atoms with Crippen molar-refractivity contribution in [1.29, 1.82) is 0 Å². The fourth-order valence-electron chi connectivity index (χ4n) is 1.34. The lowest BCUT2D eigenvalue weighted by Crippen LogP contribution is -2.06. The molecule has 3 heteroatoms. The van der Waals surface area contributed by atoms with Gasteiger partial charge in [0, 0.05) is 0 Å². The average molecular weight is 178 g/mol. The van der Waals surface area contributed by atoms with Gasteiger partial charge in [-0.1, -0.05) is 30.3 Å². The Morgan fingerprint density at radius 1 is 1.23 bits per heavy atom. The first kappa shape index (κ1) is 8.26. The summed E-state index contributed by atoms with van der Waals surface area (Å²) < 4.78 is 10.2. The molecular weight excluding hydrogens is 168 g/mol. The molecule has 0 saturated carbocycles. The molecule has 68 valence electrons. The Morgan fingerprint density at radius 3 is 2.46 bits per heavy atom. The molecule has 1 saturated heterocycles. The van der Waals surface area contributed by atoms with Crippen LogP contribution in [0.5, 0.6) is 0 Å². The summed E-state index contributed by atoms with van der Waals surface area (Å²) in [6.45, 7) is 1.71. The molecule has 2 atom stereocenters. The molecular formula is C10H10O3. The van der Waals surface area contributed by atoms with Gasteiger partial charge in [-0.05, 0) is 12.5 Å². The third-order valence-electron chi connectivity index (χ3n) is 1.93. The molecule has 0 radical (unpaired) electrons. The van der Waals surface area contributed by atoms with E-state index in [9.17, 15) is 4.79 Å². The van der Waals surface area contributed by atoms with Gasteiger partial charge in [-0.15, -0.1) is 0 Å². The van der Waals surface area contributed by atoms with Crippen LogP contribution in [0.1, 0.15) is 18.6 Å². The van der Waals surface area contributed by atoms with Crippen LogP contribution in [0.2, 0.25) is 0 Å². The van der Waals surface area contributed by atoms with Crippen molar-refractivity contribution in [2.45, 2.75) is 19.3 Å². The van der Waals surface area contributed by atoms with Gasteiger partial charge in [0.25, 0.3) is 0 Å². The smallest absolute Gasteiger partial charge is 0.342 e. The van der Waals surface area contributed by atoms with Crippen molar-refractivity contribution in [2.24, 2.45) is 0 Å². The van der Waals surface area contributed by atoms with E-state index in [4.69, 9.17) is 9.47 Å². The molecule has 1 aliphatic rings. The van der Waals surface area contributed by atoms with E-state index in [1.807, 2.05) is 30.3 Å². The topological polar surface area (TPSA) is 35.5 Å². The molecule has 2 unspecified atom stereocenters. The second-order valence-corrected chi connectivity index (χ2v) is 2.93. The number of benzene rings is 1. The van der Waals surface area contributed by atoms with Crippen LogP contribution in [0.25, 0.3) is 0 Å². The second-order valence-electron chi connectivity index (χ2n) is 2.93. The van der Waals surface area contributed by atoms with Crippen LogP contribution in [0.4, 0.5) is 0 Å². The van der Waals surface area contributed by atoms with Gasteiger partial charge < -0.3 is 9.47 Å². The molecule has 2 rings (SSSR count). The molecule has 0 aromatic heterocycles. The van der Waals surface area contributed by atoms with E-state index in [0.29, 0.717) is 0 Å². The minimum atomic E-state index is -0.545. The Kier molecular flexibility index (Phi) is 2.02. The van der Waals surface area contributed by atoms with E-state index in [1.54, 1.807) is 6.92 Å². The Morgan fingerprint density at radius 2 is 1.92 bits per heavy atom. The van der Waals surface area contributed by atoms with Crippen molar-refractivity contribution in [3.05, 3.63) is 35.9 Å². The fraction of sp³-hybridized carbons (Fsp3) is 0.300. The van der Waals surface area contributed by atoms with Gasteiger partial charge in [0.05, 0.1) is 0 Å². The number of carbonyl (C=O) groups is 1. The first-order valence-corrected chi connectivity index (χ1v) is 4.18. The molecule has 1 aromatic rings. The Labute approximate surface area is 76.3 Å². The quantitative estimate of drug-likeness (QED) is 0.613. The predicted molar refractivity (Wildman–Crippen MR) is 45.8 cm³/mol. The number of esters is 1. The molecule has 1 heterocycles. The summed E-state index contributed by atoms with van der Waals surface area (Å²) >= 11 is 0. The van der Waals surface area contributed by atoms with Gasteiger partial charge in [-0.2, -0.15) is 0 Å². The van der Waals surface area contributed by atoms with Crippen LogP contribution >= 0.6 is 0 Å². The van der Waals surface area contributed by atoms with Crippen LogP contribution in [-0.2, 0) is 14.3 Å². The maximum absolute atomic E-state index is 11.2. The normalized spacial score (nSPS) is 27.3. The summed E-state index contributed by atoms with van der Waals surface area (Å²) in [7, 11) is 0. The highest BCUT2D eigenvalue weighted by atomic mass is 16.7. The fourth-order valence-corrected chi connectivity index (χ4v) is 1.34. The molecule has 0 bridgehead atoms. The highest BCUT2D eigenvalue weighted by molar-refractivity contribution is 5.77. The van der Waals surface area contributed by atoms with Crippen molar-refractivity contribution in [3.63, 3.8) is 0 Å². The minimum Gasteiger partial charge on any atom is -0.434 e. The van der Waals surface area contributed by atoms with Crippen LogP contribution in [0.15, 0.2) is 30.3 Å². The number of hydrogen-bond donors (Lipinski definition) is 0. The van der Waals surface area contributed by atoms with Gasteiger partial charge in [-0.25, -0.2) is 4.79 Å². The van der Waals surface area contributed by atoms with Crippen molar-refractivity contribution >= 4 is 5.97 Å². The third-order valence-corrected chi connectivity index (χ3v) is 1.93. The van der Waals surface area contributed by atoms with E-state index in [2.05, 4.69) is 0 Å². The highest BCUT2D eigenvalue weighted by Gasteiger charge is 2.33.